The topological polar surface area (TPSA) is 35.5 Å². The van der Waals surface area contributed by atoms with Gasteiger partial charge in [-0.2, -0.15) is 0 Å². The standard InChI is InChI=1S/C13H17ClO3/c1-9(2)7-17-8-12(15)10-4-5-13(16-3)11(14)6-10/h4-6,9H,7-8H2,1-3H3. The smallest absolute Gasteiger partial charge is 0.188 e. The molecule has 1 aromatic rings. The molecule has 94 valence electrons. The predicted octanol–water partition coefficient (Wildman–Crippen LogP) is 3.20. The quantitative estimate of drug-likeness (QED) is 0.734. The minimum Gasteiger partial charge on any atom is -0.495 e. The molecule has 1 rings (SSSR count). The van der Waals surface area contributed by atoms with Crippen molar-refractivity contribution < 1.29 is 14.3 Å². The molecule has 0 N–H and O–H groups in total. The molecule has 3 nitrogen and oxygen atoms in total. The third kappa shape index (κ3) is 4.36. The summed E-state index contributed by atoms with van der Waals surface area (Å²) in [5.74, 6) is 0.906. The van der Waals surface area contributed by atoms with Crippen molar-refractivity contribution in [2.45, 2.75) is 13.8 Å². The molecule has 0 amide bonds. The Morgan fingerprint density at radius 3 is 2.65 bits per heavy atom. The summed E-state index contributed by atoms with van der Waals surface area (Å²) in [7, 11) is 1.54. The van der Waals surface area contributed by atoms with E-state index in [0.717, 1.165) is 0 Å². The molecule has 0 aliphatic rings. The molecule has 0 atom stereocenters. The van der Waals surface area contributed by atoms with Gasteiger partial charge in [-0.1, -0.05) is 25.4 Å². The van der Waals surface area contributed by atoms with Crippen molar-refractivity contribution in [2.24, 2.45) is 5.92 Å². The summed E-state index contributed by atoms with van der Waals surface area (Å²) >= 11 is 5.94. The fourth-order valence-electron chi connectivity index (χ4n) is 1.31. The second-order valence-electron chi connectivity index (χ2n) is 4.18. The summed E-state index contributed by atoms with van der Waals surface area (Å²) < 4.78 is 10.3. The summed E-state index contributed by atoms with van der Waals surface area (Å²) in [6.45, 7) is 4.74. The molecule has 4 heteroatoms. The summed E-state index contributed by atoms with van der Waals surface area (Å²) in [4.78, 5) is 11.8. The van der Waals surface area contributed by atoms with E-state index in [0.29, 0.717) is 28.9 Å². The maximum atomic E-state index is 11.8. The molecule has 0 spiro atoms. The third-order valence-corrected chi connectivity index (χ3v) is 2.45. The van der Waals surface area contributed by atoms with Crippen molar-refractivity contribution in [3.05, 3.63) is 28.8 Å². The zero-order chi connectivity index (χ0) is 12.8. The minimum atomic E-state index is -0.0739. The fourth-order valence-corrected chi connectivity index (χ4v) is 1.57. The Labute approximate surface area is 107 Å². The summed E-state index contributed by atoms with van der Waals surface area (Å²) in [5, 5.41) is 0.433. The minimum absolute atomic E-state index is 0.0739. The maximum Gasteiger partial charge on any atom is 0.188 e. The van der Waals surface area contributed by atoms with Crippen molar-refractivity contribution in [2.75, 3.05) is 20.3 Å². The van der Waals surface area contributed by atoms with Gasteiger partial charge < -0.3 is 9.47 Å². The Balaban J connectivity index is 2.60. The Hall–Kier alpha value is -1.06. The van der Waals surface area contributed by atoms with Crippen LogP contribution in [0.4, 0.5) is 0 Å². The number of rotatable bonds is 6. The van der Waals surface area contributed by atoms with Gasteiger partial charge in [0.2, 0.25) is 0 Å². The second kappa shape index (κ2) is 6.62. The summed E-state index contributed by atoms with van der Waals surface area (Å²) in [6, 6.07) is 4.96. The number of ketones is 1. The first kappa shape index (κ1) is 14.0. The second-order valence-corrected chi connectivity index (χ2v) is 4.59. The van der Waals surface area contributed by atoms with Crippen LogP contribution >= 0.6 is 11.6 Å². The van der Waals surface area contributed by atoms with Gasteiger partial charge in [0.05, 0.1) is 12.1 Å². The SMILES string of the molecule is COc1ccc(C(=O)COCC(C)C)cc1Cl. The number of ether oxygens (including phenoxy) is 2. The number of hydrogen-bond donors (Lipinski definition) is 0. The number of carbonyl (C=O) groups excluding carboxylic acids is 1. The van der Waals surface area contributed by atoms with Gasteiger partial charge in [-0.05, 0) is 24.1 Å². The van der Waals surface area contributed by atoms with Gasteiger partial charge >= 0.3 is 0 Å². The monoisotopic (exact) mass is 256 g/mol. The highest BCUT2D eigenvalue weighted by molar-refractivity contribution is 6.32. The molecule has 0 fully saturated rings. The van der Waals surface area contributed by atoms with Gasteiger partial charge in [0.15, 0.2) is 5.78 Å². The van der Waals surface area contributed by atoms with Crippen LogP contribution in [0.2, 0.25) is 5.02 Å². The molecule has 17 heavy (non-hydrogen) atoms. The van der Waals surface area contributed by atoms with E-state index in [4.69, 9.17) is 21.1 Å². The number of hydrogen-bond acceptors (Lipinski definition) is 3. The van der Waals surface area contributed by atoms with E-state index in [1.165, 1.54) is 7.11 Å². The summed E-state index contributed by atoms with van der Waals surface area (Å²) in [5.41, 5.74) is 0.541. The Morgan fingerprint density at radius 2 is 2.12 bits per heavy atom. The number of Topliss-reactive ketones (excluding diaryl/α,β-unsaturated/α-hetero) is 1. The third-order valence-electron chi connectivity index (χ3n) is 2.16. The average molecular weight is 257 g/mol. The van der Waals surface area contributed by atoms with Crippen molar-refractivity contribution in [3.8, 4) is 5.75 Å². The highest BCUT2D eigenvalue weighted by atomic mass is 35.5. The number of methoxy groups -OCH3 is 1. The first-order valence-corrected chi connectivity index (χ1v) is 5.87. The Morgan fingerprint density at radius 1 is 1.41 bits per heavy atom. The van der Waals surface area contributed by atoms with Gasteiger partial charge in [-0.3, -0.25) is 4.79 Å². The molecular formula is C13H17ClO3. The average Bonchev–Trinajstić information content (AvgIpc) is 2.28. The van der Waals surface area contributed by atoms with E-state index in [-0.39, 0.29) is 12.4 Å². The molecule has 0 aliphatic carbocycles. The first-order valence-electron chi connectivity index (χ1n) is 5.49. The predicted molar refractivity (Wildman–Crippen MR) is 68.0 cm³/mol. The Kier molecular flexibility index (Phi) is 5.45. The van der Waals surface area contributed by atoms with E-state index in [2.05, 4.69) is 0 Å². The van der Waals surface area contributed by atoms with Crippen LogP contribution in [0.1, 0.15) is 24.2 Å². The van der Waals surface area contributed by atoms with Crippen LogP contribution in [0.15, 0.2) is 18.2 Å². The van der Waals surface area contributed by atoms with E-state index < -0.39 is 0 Å². The van der Waals surface area contributed by atoms with Crippen LogP contribution in [-0.2, 0) is 4.74 Å². The lowest BCUT2D eigenvalue weighted by atomic mass is 10.1. The maximum absolute atomic E-state index is 11.8. The van der Waals surface area contributed by atoms with Gasteiger partial charge in [0.1, 0.15) is 12.4 Å². The van der Waals surface area contributed by atoms with Crippen molar-refractivity contribution in [1.82, 2.24) is 0 Å². The van der Waals surface area contributed by atoms with Gasteiger partial charge in [0.25, 0.3) is 0 Å². The van der Waals surface area contributed by atoms with Crippen LogP contribution in [0.3, 0.4) is 0 Å². The van der Waals surface area contributed by atoms with Gasteiger partial charge in [-0.15, -0.1) is 0 Å². The van der Waals surface area contributed by atoms with Crippen molar-refractivity contribution >= 4 is 17.4 Å². The Bertz CT molecular complexity index is 388. The largest absolute Gasteiger partial charge is 0.495 e. The van der Waals surface area contributed by atoms with E-state index in [9.17, 15) is 4.79 Å². The normalized spacial score (nSPS) is 10.6. The lowest BCUT2D eigenvalue weighted by molar-refractivity contribution is 0.0705. The van der Waals surface area contributed by atoms with Crippen molar-refractivity contribution in [1.29, 1.82) is 0 Å². The molecule has 0 unspecified atom stereocenters. The lowest BCUT2D eigenvalue weighted by Crippen LogP contribution is -2.12. The molecule has 0 heterocycles. The van der Waals surface area contributed by atoms with E-state index >= 15 is 0 Å². The van der Waals surface area contributed by atoms with Gasteiger partial charge in [-0.25, -0.2) is 0 Å². The number of carbonyl (C=O) groups is 1. The van der Waals surface area contributed by atoms with E-state index in [1.54, 1.807) is 18.2 Å². The van der Waals surface area contributed by atoms with Crippen LogP contribution < -0.4 is 4.74 Å². The van der Waals surface area contributed by atoms with E-state index in [1.807, 2.05) is 13.8 Å². The zero-order valence-electron chi connectivity index (χ0n) is 10.3. The molecule has 0 aliphatic heterocycles. The molecule has 0 radical (unpaired) electrons. The van der Waals surface area contributed by atoms with Crippen LogP contribution in [0, 0.1) is 5.92 Å². The summed E-state index contributed by atoms with van der Waals surface area (Å²) in [6.07, 6.45) is 0. The molecule has 0 saturated carbocycles. The van der Waals surface area contributed by atoms with Crippen LogP contribution in [0.25, 0.3) is 0 Å². The molecular weight excluding hydrogens is 240 g/mol. The lowest BCUT2D eigenvalue weighted by Gasteiger charge is -2.07. The highest BCUT2D eigenvalue weighted by Gasteiger charge is 2.09. The molecule has 0 saturated heterocycles. The highest BCUT2D eigenvalue weighted by Crippen LogP contribution is 2.25. The number of halogens is 1. The van der Waals surface area contributed by atoms with Crippen molar-refractivity contribution in [3.63, 3.8) is 0 Å². The van der Waals surface area contributed by atoms with Gasteiger partial charge in [0, 0.05) is 12.2 Å². The zero-order valence-corrected chi connectivity index (χ0v) is 11.1. The molecule has 1 aromatic carbocycles. The first-order chi connectivity index (χ1) is 8.04. The molecule has 0 aromatic heterocycles. The van der Waals surface area contributed by atoms with Crippen LogP contribution in [0.5, 0.6) is 5.75 Å². The number of benzene rings is 1. The van der Waals surface area contributed by atoms with Crippen LogP contribution in [-0.4, -0.2) is 26.1 Å². The fraction of sp³-hybridized carbons (Fsp3) is 0.462. The molecule has 0 bridgehead atoms.